The van der Waals surface area contributed by atoms with E-state index in [4.69, 9.17) is 25.8 Å². The summed E-state index contributed by atoms with van der Waals surface area (Å²) in [6, 6.07) is 15.2. The molecule has 2 aromatic carbocycles. The molecule has 7 nitrogen and oxygen atoms in total. The Balaban J connectivity index is 1.43. The summed E-state index contributed by atoms with van der Waals surface area (Å²) >= 11 is 8.00. The molecule has 4 rings (SSSR count). The van der Waals surface area contributed by atoms with Gasteiger partial charge in [-0.25, -0.2) is 4.79 Å². The van der Waals surface area contributed by atoms with Crippen LogP contribution in [0.15, 0.2) is 64.9 Å². The van der Waals surface area contributed by atoms with Gasteiger partial charge < -0.3 is 14.2 Å². The smallest absolute Gasteiger partial charge is 0.353 e. The van der Waals surface area contributed by atoms with Crippen LogP contribution in [0.25, 0.3) is 6.08 Å². The Morgan fingerprint density at radius 1 is 1.06 bits per heavy atom. The summed E-state index contributed by atoms with van der Waals surface area (Å²) in [6.07, 6.45) is 1.61. The molecule has 0 saturated carbocycles. The van der Waals surface area contributed by atoms with E-state index in [9.17, 15) is 14.4 Å². The first kappa shape index (κ1) is 24.8. The van der Waals surface area contributed by atoms with Crippen molar-refractivity contribution in [1.82, 2.24) is 4.90 Å². The minimum absolute atomic E-state index is 0.117. The van der Waals surface area contributed by atoms with E-state index in [2.05, 4.69) is 0 Å². The largest absolute Gasteiger partial charge is 0.492 e. The van der Waals surface area contributed by atoms with Crippen molar-refractivity contribution < 1.29 is 28.6 Å². The van der Waals surface area contributed by atoms with Crippen LogP contribution in [0.3, 0.4) is 0 Å². The van der Waals surface area contributed by atoms with Gasteiger partial charge in [0.2, 0.25) is 0 Å². The molecule has 2 amide bonds. The number of rotatable bonds is 9. The molecule has 0 unspecified atom stereocenters. The average Bonchev–Trinajstić information content (AvgIpc) is 3.47. The van der Waals surface area contributed by atoms with Gasteiger partial charge in [0.25, 0.3) is 11.1 Å². The van der Waals surface area contributed by atoms with E-state index in [0.717, 1.165) is 16.7 Å². The highest BCUT2D eigenvalue weighted by Gasteiger charge is 2.34. The van der Waals surface area contributed by atoms with E-state index < -0.39 is 11.9 Å². The number of imide groups is 1. The SMILES string of the molecule is CCOc1cc(/C=C2\SC(=O)N(CCOc3ccc(Cl)cc3)C2=O)ccc1OC(=O)c1cccs1. The molecule has 1 aliphatic rings. The second-order valence-corrected chi connectivity index (χ2v) is 9.52. The summed E-state index contributed by atoms with van der Waals surface area (Å²) in [6.45, 7) is 2.45. The zero-order valence-electron chi connectivity index (χ0n) is 18.6. The molecule has 0 aliphatic carbocycles. The molecule has 1 saturated heterocycles. The van der Waals surface area contributed by atoms with Crippen molar-refractivity contribution in [3.8, 4) is 17.2 Å². The molecule has 1 aromatic heterocycles. The molecule has 0 N–H and O–H groups in total. The highest BCUT2D eigenvalue weighted by atomic mass is 35.5. The van der Waals surface area contributed by atoms with Crippen molar-refractivity contribution in [3.63, 3.8) is 0 Å². The number of ether oxygens (including phenoxy) is 3. The maximum absolute atomic E-state index is 12.8. The molecule has 10 heteroatoms. The number of thiophene rings is 1. The highest BCUT2D eigenvalue weighted by molar-refractivity contribution is 8.18. The van der Waals surface area contributed by atoms with Gasteiger partial charge in [0.15, 0.2) is 11.5 Å². The van der Waals surface area contributed by atoms with E-state index in [-0.39, 0.29) is 29.0 Å². The van der Waals surface area contributed by atoms with Crippen LogP contribution in [0.2, 0.25) is 5.02 Å². The Kier molecular flexibility index (Phi) is 8.12. The number of nitrogens with zero attached hydrogens (tertiary/aromatic N) is 1. The fraction of sp³-hybridized carbons (Fsp3) is 0.160. The number of thioether (sulfide) groups is 1. The van der Waals surface area contributed by atoms with Gasteiger partial charge in [-0.2, -0.15) is 0 Å². The maximum Gasteiger partial charge on any atom is 0.353 e. The van der Waals surface area contributed by atoms with Crippen LogP contribution in [0.1, 0.15) is 22.2 Å². The van der Waals surface area contributed by atoms with Crippen LogP contribution >= 0.6 is 34.7 Å². The third kappa shape index (κ3) is 6.25. The van der Waals surface area contributed by atoms with Crippen LogP contribution in [0, 0.1) is 0 Å². The minimum Gasteiger partial charge on any atom is -0.492 e. The van der Waals surface area contributed by atoms with E-state index in [1.807, 2.05) is 6.92 Å². The molecule has 0 spiro atoms. The molecule has 0 atom stereocenters. The summed E-state index contributed by atoms with van der Waals surface area (Å²) < 4.78 is 16.7. The summed E-state index contributed by atoms with van der Waals surface area (Å²) in [5, 5.41) is 2.02. The van der Waals surface area contributed by atoms with Crippen LogP contribution in [0.4, 0.5) is 4.79 Å². The molecule has 1 fully saturated rings. The van der Waals surface area contributed by atoms with Gasteiger partial charge in [-0.1, -0.05) is 23.7 Å². The average molecular weight is 530 g/mol. The molecule has 0 bridgehead atoms. The van der Waals surface area contributed by atoms with Gasteiger partial charge in [-0.3, -0.25) is 14.5 Å². The zero-order valence-corrected chi connectivity index (χ0v) is 21.0. The van der Waals surface area contributed by atoms with Crippen molar-refractivity contribution in [1.29, 1.82) is 0 Å². The van der Waals surface area contributed by atoms with Gasteiger partial charge in [-0.15, -0.1) is 11.3 Å². The van der Waals surface area contributed by atoms with E-state index in [1.54, 1.807) is 66.1 Å². The molecule has 1 aliphatic heterocycles. The maximum atomic E-state index is 12.8. The number of benzene rings is 2. The summed E-state index contributed by atoms with van der Waals surface area (Å²) in [5.74, 6) is 0.360. The van der Waals surface area contributed by atoms with Gasteiger partial charge in [-0.05, 0) is 78.2 Å². The number of esters is 1. The lowest BCUT2D eigenvalue weighted by Crippen LogP contribution is -2.32. The van der Waals surface area contributed by atoms with Crippen LogP contribution in [-0.4, -0.2) is 41.8 Å². The van der Waals surface area contributed by atoms with Crippen LogP contribution < -0.4 is 14.2 Å². The van der Waals surface area contributed by atoms with Crippen LogP contribution in [-0.2, 0) is 4.79 Å². The normalized spacial score (nSPS) is 14.5. The number of hydrogen-bond donors (Lipinski definition) is 0. The second kappa shape index (κ2) is 11.4. The Hall–Kier alpha value is -3.27. The van der Waals surface area contributed by atoms with Crippen LogP contribution in [0.5, 0.6) is 17.2 Å². The number of hydrogen-bond acceptors (Lipinski definition) is 8. The van der Waals surface area contributed by atoms with E-state index in [0.29, 0.717) is 33.6 Å². The molecule has 0 radical (unpaired) electrons. The van der Waals surface area contributed by atoms with Crippen molar-refractivity contribution in [2.24, 2.45) is 0 Å². The molecular weight excluding hydrogens is 510 g/mol. The molecule has 180 valence electrons. The highest BCUT2D eigenvalue weighted by Crippen LogP contribution is 2.35. The lowest BCUT2D eigenvalue weighted by Gasteiger charge is -2.13. The predicted molar refractivity (Wildman–Crippen MR) is 137 cm³/mol. The third-order valence-corrected chi connectivity index (χ3v) is 6.77. The van der Waals surface area contributed by atoms with Gasteiger partial charge in [0.1, 0.15) is 17.2 Å². The lowest BCUT2D eigenvalue weighted by atomic mass is 10.2. The Morgan fingerprint density at radius 3 is 2.57 bits per heavy atom. The standard InChI is InChI=1S/C25H20ClNO6S2/c1-2-31-20-14-16(5-10-19(20)33-24(29)21-4-3-13-34-21)15-22-23(28)27(25(30)35-22)11-12-32-18-8-6-17(26)7-9-18/h3-10,13-15H,2,11-12H2,1H3/b22-15-. The van der Waals surface area contributed by atoms with E-state index in [1.165, 1.54) is 11.3 Å². The molecule has 2 heterocycles. The van der Waals surface area contributed by atoms with Gasteiger partial charge in [0.05, 0.1) is 18.1 Å². The Labute approximate surface area is 215 Å². The van der Waals surface area contributed by atoms with Crippen molar-refractivity contribution in [3.05, 3.63) is 80.3 Å². The number of amides is 2. The van der Waals surface area contributed by atoms with Gasteiger partial charge in [0, 0.05) is 5.02 Å². The number of carbonyl (C=O) groups excluding carboxylic acids is 3. The molecular formula is C25H20ClNO6S2. The minimum atomic E-state index is -0.476. The summed E-state index contributed by atoms with van der Waals surface area (Å²) in [7, 11) is 0. The molecule has 3 aromatic rings. The number of halogens is 1. The van der Waals surface area contributed by atoms with Crippen molar-refractivity contribution in [2.75, 3.05) is 19.8 Å². The van der Waals surface area contributed by atoms with Crippen molar-refractivity contribution >= 4 is 57.9 Å². The topological polar surface area (TPSA) is 82.1 Å². The van der Waals surface area contributed by atoms with Gasteiger partial charge >= 0.3 is 5.97 Å². The quantitative estimate of drug-likeness (QED) is 0.187. The first-order valence-electron chi connectivity index (χ1n) is 10.6. The Bertz CT molecular complexity index is 1260. The first-order chi connectivity index (χ1) is 16.9. The monoisotopic (exact) mass is 529 g/mol. The fourth-order valence-electron chi connectivity index (χ4n) is 3.14. The first-order valence-corrected chi connectivity index (χ1v) is 12.7. The van der Waals surface area contributed by atoms with Crippen molar-refractivity contribution in [2.45, 2.75) is 6.92 Å². The summed E-state index contributed by atoms with van der Waals surface area (Å²) in [5.41, 5.74) is 0.632. The molecule has 35 heavy (non-hydrogen) atoms. The second-order valence-electron chi connectivity index (χ2n) is 7.14. The third-order valence-electron chi connectivity index (χ3n) is 4.76. The fourth-order valence-corrected chi connectivity index (χ4v) is 4.73. The number of carbonyl (C=O) groups is 3. The predicted octanol–water partition coefficient (Wildman–Crippen LogP) is 6.13. The lowest BCUT2D eigenvalue weighted by molar-refractivity contribution is -0.123. The zero-order chi connectivity index (χ0) is 24.8. The van der Waals surface area contributed by atoms with E-state index >= 15 is 0 Å². The Morgan fingerprint density at radius 2 is 1.86 bits per heavy atom. The summed E-state index contributed by atoms with van der Waals surface area (Å²) in [4.78, 5) is 39.4.